The van der Waals surface area contributed by atoms with Crippen molar-refractivity contribution in [2.24, 2.45) is 17.6 Å². The Labute approximate surface area is 163 Å². The van der Waals surface area contributed by atoms with E-state index in [-0.39, 0.29) is 31.0 Å². The van der Waals surface area contributed by atoms with Crippen LogP contribution in [-0.4, -0.2) is 24.6 Å². The van der Waals surface area contributed by atoms with Gasteiger partial charge in [-0.2, -0.15) is 0 Å². The Morgan fingerprint density at radius 3 is 2.58 bits per heavy atom. The molecule has 5 heteroatoms. The van der Waals surface area contributed by atoms with Crippen LogP contribution in [0.25, 0.3) is 0 Å². The summed E-state index contributed by atoms with van der Waals surface area (Å²) in [5.74, 6) is 2.34. The average molecular weight is 381 g/mol. The third-order valence-corrected chi connectivity index (χ3v) is 6.13. The Kier molecular flexibility index (Phi) is 7.78. The van der Waals surface area contributed by atoms with Crippen molar-refractivity contribution in [2.75, 3.05) is 6.61 Å². The van der Waals surface area contributed by atoms with E-state index in [9.17, 15) is 4.79 Å². The largest absolute Gasteiger partial charge is 0.483 e. The summed E-state index contributed by atoms with van der Waals surface area (Å²) in [5.41, 5.74) is 7.35. The van der Waals surface area contributed by atoms with E-state index in [1.807, 2.05) is 18.2 Å². The summed E-state index contributed by atoms with van der Waals surface area (Å²) in [6, 6.07) is 8.64. The van der Waals surface area contributed by atoms with Gasteiger partial charge in [0.05, 0.1) is 0 Å². The summed E-state index contributed by atoms with van der Waals surface area (Å²) in [5, 5.41) is 3.25. The van der Waals surface area contributed by atoms with Crippen molar-refractivity contribution in [2.45, 2.75) is 70.4 Å². The minimum atomic E-state index is -0.00340. The quantitative estimate of drug-likeness (QED) is 0.783. The normalized spacial score (nSPS) is 28.6. The molecule has 2 aliphatic rings. The summed E-state index contributed by atoms with van der Waals surface area (Å²) in [6.45, 7) is 4.45. The fourth-order valence-corrected chi connectivity index (χ4v) is 4.63. The number of carbonyl (C=O) groups excluding carboxylic acids is 1. The van der Waals surface area contributed by atoms with Crippen LogP contribution in [0.4, 0.5) is 0 Å². The van der Waals surface area contributed by atoms with Crippen molar-refractivity contribution in [3.05, 3.63) is 29.8 Å². The molecule has 3 N–H and O–H groups in total. The first-order valence-corrected chi connectivity index (χ1v) is 9.85. The zero-order valence-corrected chi connectivity index (χ0v) is 16.8. The number of hydrogen-bond acceptors (Lipinski definition) is 3. The molecule has 0 saturated heterocycles. The number of rotatable bonds is 6. The zero-order valence-electron chi connectivity index (χ0n) is 15.9. The van der Waals surface area contributed by atoms with Crippen LogP contribution < -0.4 is 15.8 Å². The van der Waals surface area contributed by atoms with Gasteiger partial charge in [0.1, 0.15) is 5.75 Å². The van der Waals surface area contributed by atoms with Crippen LogP contribution in [0.3, 0.4) is 0 Å². The van der Waals surface area contributed by atoms with Gasteiger partial charge in [0, 0.05) is 12.1 Å². The van der Waals surface area contributed by atoms with Gasteiger partial charge in [-0.15, -0.1) is 12.4 Å². The van der Waals surface area contributed by atoms with Crippen molar-refractivity contribution in [3.8, 4) is 5.75 Å². The number of hydrogen-bond donors (Lipinski definition) is 2. The predicted octanol–water partition coefficient (Wildman–Crippen LogP) is 4.02. The Hall–Kier alpha value is -1.26. The second-order valence-corrected chi connectivity index (χ2v) is 7.91. The third-order valence-electron chi connectivity index (χ3n) is 6.13. The summed E-state index contributed by atoms with van der Waals surface area (Å²) >= 11 is 0. The Morgan fingerprint density at radius 2 is 1.92 bits per heavy atom. The van der Waals surface area contributed by atoms with Crippen LogP contribution >= 0.6 is 12.4 Å². The van der Waals surface area contributed by atoms with Crippen LogP contribution in [0.2, 0.25) is 0 Å². The van der Waals surface area contributed by atoms with E-state index in [0.717, 1.165) is 25.0 Å². The first kappa shape index (κ1) is 21.0. The van der Waals surface area contributed by atoms with Crippen LogP contribution in [0.5, 0.6) is 5.75 Å². The van der Waals surface area contributed by atoms with E-state index >= 15 is 0 Å². The number of amides is 1. The highest BCUT2D eigenvalue weighted by molar-refractivity contribution is 5.85. The molecule has 0 spiro atoms. The maximum Gasteiger partial charge on any atom is 0.258 e. The zero-order chi connectivity index (χ0) is 17.8. The van der Waals surface area contributed by atoms with Crippen molar-refractivity contribution >= 4 is 18.3 Å². The molecule has 0 heterocycles. The minimum absolute atomic E-state index is 0. The van der Waals surface area contributed by atoms with Gasteiger partial charge in [-0.3, -0.25) is 4.79 Å². The number of halogens is 1. The first-order valence-electron chi connectivity index (χ1n) is 9.85. The number of para-hydroxylation sites is 1. The predicted molar refractivity (Wildman–Crippen MR) is 108 cm³/mol. The van der Waals surface area contributed by atoms with Crippen LogP contribution in [0.15, 0.2) is 24.3 Å². The van der Waals surface area contributed by atoms with Crippen LogP contribution in [-0.2, 0) is 4.79 Å². The highest BCUT2D eigenvalue weighted by Gasteiger charge is 2.39. The topological polar surface area (TPSA) is 64.3 Å². The minimum Gasteiger partial charge on any atom is -0.483 e. The molecule has 3 unspecified atom stereocenters. The van der Waals surface area contributed by atoms with E-state index in [4.69, 9.17) is 10.5 Å². The van der Waals surface area contributed by atoms with Crippen molar-refractivity contribution in [3.63, 3.8) is 0 Å². The number of nitrogens with one attached hydrogen (secondary N) is 1. The smallest absolute Gasteiger partial charge is 0.258 e. The lowest BCUT2D eigenvalue weighted by atomic mass is 9.67. The first-order chi connectivity index (χ1) is 12.1. The number of nitrogens with two attached hydrogens (primary N) is 1. The van der Waals surface area contributed by atoms with E-state index in [1.54, 1.807) is 0 Å². The van der Waals surface area contributed by atoms with E-state index in [2.05, 4.69) is 25.2 Å². The number of carbonyl (C=O) groups is 1. The number of fused-ring (bicyclic) bond motifs is 2. The second kappa shape index (κ2) is 9.61. The molecule has 2 aliphatic carbocycles. The lowest BCUT2D eigenvalue weighted by molar-refractivity contribution is -0.125. The lowest BCUT2D eigenvalue weighted by Gasteiger charge is -2.45. The van der Waals surface area contributed by atoms with Gasteiger partial charge in [-0.05, 0) is 61.5 Å². The number of benzene rings is 1. The van der Waals surface area contributed by atoms with E-state index in [1.165, 1.54) is 24.8 Å². The summed E-state index contributed by atoms with van der Waals surface area (Å²) in [4.78, 5) is 12.5. The van der Waals surface area contributed by atoms with E-state index < -0.39 is 0 Å². The molecule has 0 aliphatic heterocycles. The van der Waals surface area contributed by atoms with Crippen molar-refractivity contribution < 1.29 is 9.53 Å². The molecule has 2 bridgehead atoms. The van der Waals surface area contributed by atoms with Crippen molar-refractivity contribution in [1.29, 1.82) is 0 Å². The fraction of sp³-hybridized carbons (Fsp3) is 0.667. The fourth-order valence-electron chi connectivity index (χ4n) is 4.63. The highest BCUT2D eigenvalue weighted by atomic mass is 35.5. The lowest BCUT2D eigenvalue weighted by Crippen LogP contribution is -2.54. The SMILES string of the molecule is CCC(C)c1ccccc1OCC(=O)NC1C2CCCC1CC(N)C2.Cl. The van der Waals surface area contributed by atoms with Crippen LogP contribution in [0.1, 0.15) is 63.9 Å². The molecule has 2 fully saturated rings. The second-order valence-electron chi connectivity index (χ2n) is 7.91. The summed E-state index contributed by atoms with van der Waals surface area (Å²) < 4.78 is 5.87. The molecule has 1 amide bonds. The van der Waals surface area contributed by atoms with Gasteiger partial charge in [0.15, 0.2) is 6.61 Å². The standard InChI is InChI=1S/C21H32N2O2.ClH/c1-3-14(2)18-9-4-5-10-19(18)25-13-20(24)23-21-15-7-6-8-16(21)12-17(22)11-15;/h4-5,9-10,14-17,21H,3,6-8,11-13,22H2,1-2H3,(H,23,24);1H. The molecule has 146 valence electrons. The summed E-state index contributed by atoms with van der Waals surface area (Å²) in [6.07, 6.45) is 6.78. The van der Waals surface area contributed by atoms with Gasteiger partial charge < -0.3 is 15.8 Å². The van der Waals surface area contributed by atoms with E-state index in [0.29, 0.717) is 23.8 Å². The molecule has 3 atom stereocenters. The maximum absolute atomic E-state index is 12.5. The molecular formula is C21H33ClN2O2. The molecule has 3 rings (SSSR count). The highest BCUT2D eigenvalue weighted by Crippen LogP contribution is 2.39. The summed E-state index contributed by atoms with van der Waals surface area (Å²) in [7, 11) is 0. The maximum atomic E-state index is 12.5. The molecule has 0 aromatic heterocycles. The van der Waals surface area contributed by atoms with Gasteiger partial charge >= 0.3 is 0 Å². The molecule has 26 heavy (non-hydrogen) atoms. The van der Waals surface area contributed by atoms with Crippen molar-refractivity contribution in [1.82, 2.24) is 5.32 Å². The molecular weight excluding hydrogens is 348 g/mol. The van der Waals surface area contributed by atoms with Gasteiger partial charge in [-0.1, -0.05) is 38.5 Å². The Balaban J connectivity index is 0.00000243. The van der Waals surface area contributed by atoms with Gasteiger partial charge in [-0.25, -0.2) is 0 Å². The Morgan fingerprint density at radius 1 is 1.27 bits per heavy atom. The van der Waals surface area contributed by atoms with Crippen LogP contribution in [0, 0.1) is 11.8 Å². The van der Waals surface area contributed by atoms with Gasteiger partial charge in [0.2, 0.25) is 0 Å². The molecule has 1 aromatic rings. The third kappa shape index (κ3) is 4.92. The average Bonchev–Trinajstić information content (AvgIpc) is 2.60. The molecule has 0 radical (unpaired) electrons. The monoisotopic (exact) mass is 380 g/mol. The molecule has 4 nitrogen and oxygen atoms in total. The molecule has 2 saturated carbocycles. The van der Waals surface area contributed by atoms with Gasteiger partial charge in [0.25, 0.3) is 5.91 Å². The molecule has 1 aromatic carbocycles. The Bertz CT molecular complexity index is 581. The number of ether oxygens (including phenoxy) is 1.